The van der Waals surface area contributed by atoms with E-state index < -0.39 is 6.04 Å². The molecule has 0 radical (unpaired) electrons. The summed E-state index contributed by atoms with van der Waals surface area (Å²) in [6, 6.07) is 15.9. The van der Waals surface area contributed by atoms with E-state index in [9.17, 15) is 14.7 Å². The van der Waals surface area contributed by atoms with Crippen LogP contribution in [0.4, 0.5) is 4.79 Å². The molecule has 0 aliphatic heterocycles. The molecule has 0 fully saturated rings. The summed E-state index contributed by atoms with van der Waals surface area (Å²) in [5.41, 5.74) is 1.99. The van der Waals surface area contributed by atoms with Crippen LogP contribution in [0.3, 0.4) is 0 Å². The van der Waals surface area contributed by atoms with Crippen LogP contribution in [-0.4, -0.2) is 79.8 Å². The van der Waals surface area contributed by atoms with Gasteiger partial charge in [-0.1, -0.05) is 54.1 Å². The number of amides is 3. The van der Waals surface area contributed by atoms with E-state index in [1.165, 1.54) is 4.90 Å². The third-order valence-corrected chi connectivity index (χ3v) is 5.25. The second-order valence-electron chi connectivity index (χ2n) is 7.87. The molecule has 0 saturated carbocycles. The van der Waals surface area contributed by atoms with E-state index in [0.29, 0.717) is 37.5 Å². The van der Waals surface area contributed by atoms with Crippen LogP contribution in [0, 0.1) is 0 Å². The summed E-state index contributed by atoms with van der Waals surface area (Å²) in [5, 5.41) is 15.8. The predicted octanol–water partition coefficient (Wildman–Crippen LogP) is 2.18. The quantitative estimate of drug-likeness (QED) is 0.453. The fourth-order valence-electron chi connectivity index (χ4n) is 3.18. The molecule has 0 spiro atoms. The normalized spacial score (nSPS) is 11.8. The Hall–Kier alpha value is -2.61. The van der Waals surface area contributed by atoms with Crippen molar-refractivity contribution in [3.63, 3.8) is 0 Å². The van der Waals surface area contributed by atoms with Gasteiger partial charge in [0.25, 0.3) is 0 Å². The number of carbonyl (C=O) groups excluding carboxylic acids is 2. The first-order valence-corrected chi connectivity index (χ1v) is 11.1. The molecule has 2 aromatic carbocycles. The average Bonchev–Trinajstić information content (AvgIpc) is 2.78. The molecule has 174 valence electrons. The van der Waals surface area contributed by atoms with E-state index >= 15 is 0 Å². The lowest BCUT2D eigenvalue weighted by molar-refractivity contribution is -0.123. The molecule has 0 heterocycles. The summed E-state index contributed by atoms with van der Waals surface area (Å²) in [7, 11) is 3.86. The predicted molar refractivity (Wildman–Crippen MR) is 128 cm³/mol. The Morgan fingerprint density at radius 3 is 2.28 bits per heavy atom. The number of hydrogen-bond donors (Lipinski definition) is 3. The fraction of sp³-hybridized carbons (Fsp3) is 0.417. The van der Waals surface area contributed by atoms with E-state index in [1.54, 1.807) is 12.1 Å². The largest absolute Gasteiger partial charge is 0.395 e. The van der Waals surface area contributed by atoms with Crippen LogP contribution >= 0.6 is 11.6 Å². The van der Waals surface area contributed by atoms with Crippen LogP contribution in [0.15, 0.2) is 54.6 Å². The number of nitrogens with one attached hydrogen (secondary N) is 2. The summed E-state index contributed by atoms with van der Waals surface area (Å²) in [6.07, 6.45) is 0.994. The van der Waals surface area contributed by atoms with E-state index in [1.807, 2.05) is 61.5 Å². The molecule has 2 rings (SSSR count). The number of hydrogen-bond acceptors (Lipinski definition) is 4. The number of urea groups is 1. The SMILES string of the molecule is CN(C)CCNC(=O)[C@H](Cc1ccc(Cl)cc1)NC(=O)N(CCO)CCc1ccccc1. The first-order valence-electron chi connectivity index (χ1n) is 10.8. The zero-order valence-corrected chi connectivity index (χ0v) is 19.5. The molecule has 3 amide bonds. The van der Waals surface area contributed by atoms with Gasteiger partial charge in [-0.15, -0.1) is 0 Å². The van der Waals surface area contributed by atoms with Crippen molar-refractivity contribution >= 4 is 23.5 Å². The fourth-order valence-corrected chi connectivity index (χ4v) is 3.30. The maximum Gasteiger partial charge on any atom is 0.318 e. The molecule has 2 aromatic rings. The van der Waals surface area contributed by atoms with E-state index in [2.05, 4.69) is 10.6 Å². The first-order chi connectivity index (χ1) is 15.4. The summed E-state index contributed by atoms with van der Waals surface area (Å²) in [6.45, 7) is 1.65. The number of aliphatic hydroxyl groups excluding tert-OH is 1. The number of halogens is 1. The number of aliphatic hydroxyl groups is 1. The summed E-state index contributed by atoms with van der Waals surface area (Å²) >= 11 is 5.97. The zero-order chi connectivity index (χ0) is 23.3. The minimum Gasteiger partial charge on any atom is -0.395 e. The van der Waals surface area contributed by atoms with Crippen LogP contribution in [0.1, 0.15) is 11.1 Å². The standard InChI is InChI=1S/C24H33ClN4O3/c1-28(2)15-13-26-23(31)22(18-20-8-10-21(25)11-9-20)27-24(32)29(16-17-30)14-12-19-6-4-3-5-7-19/h3-11,22,30H,12-18H2,1-2H3,(H,26,31)(H,27,32)/t22-/m0/s1. The van der Waals surface area contributed by atoms with Gasteiger partial charge in [0, 0.05) is 37.6 Å². The molecule has 0 aliphatic rings. The van der Waals surface area contributed by atoms with Crippen molar-refractivity contribution in [1.82, 2.24) is 20.4 Å². The molecular weight excluding hydrogens is 428 g/mol. The Morgan fingerprint density at radius 1 is 0.969 bits per heavy atom. The topological polar surface area (TPSA) is 84.9 Å². The van der Waals surface area contributed by atoms with Crippen molar-refractivity contribution in [2.75, 3.05) is 46.9 Å². The van der Waals surface area contributed by atoms with Crippen LogP contribution in [0.2, 0.25) is 5.02 Å². The van der Waals surface area contributed by atoms with Crippen molar-refractivity contribution in [3.8, 4) is 0 Å². The Bertz CT molecular complexity index is 831. The van der Waals surface area contributed by atoms with Crippen LogP contribution in [-0.2, 0) is 17.6 Å². The molecule has 0 aliphatic carbocycles. The molecule has 8 heteroatoms. The van der Waals surface area contributed by atoms with Crippen LogP contribution in [0.5, 0.6) is 0 Å². The summed E-state index contributed by atoms with van der Waals surface area (Å²) < 4.78 is 0. The molecule has 32 heavy (non-hydrogen) atoms. The number of nitrogens with zero attached hydrogens (tertiary/aromatic N) is 2. The first kappa shape index (κ1) is 25.6. The van der Waals surface area contributed by atoms with Gasteiger partial charge in [0.05, 0.1) is 6.61 Å². The van der Waals surface area contributed by atoms with Gasteiger partial charge in [-0.3, -0.25) is 4.79 Å². The smallest absolute Gasteiger partial charge is 0.318 e. The van der Waals surface area contributed by atoms with Crippen molar-refractivity contribution in [2.45, 2.75) is 18.9 Å². The van der Waals surface area contributed by atoms with Crippen LogP contribution in [0.25, 0.3) is 0 Å². The highest BCUT2D eigenvalue weighted by atomic mass is 35.5. The summed E-state index contributed by atoms with van der Waals surface area (Å²) in [5.74, 6) is -0.248. The Balaban J connectivity index is 2.06. The minimum atomic E-state index is -0.747. The summed E-state index contributed by atoms with van der Waals surface area (Å²) in [4.78, 5) is 29.4. The van der Waals surface area contributed by atoms with E-state index in [-0.39, 0.29) is 25.1 Å². The highest BCUT2D eigenvalue weighted by Crippen LogP contribution is 2.12. The number of rotatable bonds is 12. The van der Waals surface area contributed by atoms with Crippen molar-refractivity contribution in [3.05, 3.63) is 70.7 Å². The van der Waals surface area contributed by atoms with E-state index in [4.69, 9.17) is 11.6 Å². The molecule has 0 unspecified atom stereocenters. The van der Waals surface area contributed by atoms with Crippen LogP contribution < -0.4 is 10.6 Å². The maximum absolute atomic E-state index is 13.0. The highest BCUT2D eigenvalue weighted by Gasteiger charge is 2.24. The lowest BCUT2D eigenvalue weighted by Gasteiger charge is -2.26. The minimum absolute atomic E-state index is 0.154. The lowest BCUT2D eigenvalue weighted by atomic mass is 10.1. The molecule has 7 nitrogen and oxygen atoms in total. The highest BCUT2D eigenvalue weighted by molar-refractivity contribution is 6.30. The second-order valence-corrected chi connectivity index (χ2v) is 8.31. The zero-order valence-electron chi connectivity index (χ0n) is 18.8. The van der Waals surface area contributed by atoms with Gasteiger partial charge in [0.2, 0.25) is 5.91 Å². The van der Waals surface area contributed by atoms with Gasteiger partial charge < -0.3 is 25.5 Å². The van der Waals surface area contributed by atoms with Gasteiger partial charge in [-0.05, 0) is 43.8 Å². The second kappa shape index (κ2) is 13.7. The van der Waals surface area contributed by atoms with Crippen molar-refractivity contribution in [2.24, 2.45) is 0 Å². The van der Waals surface area contributed by atoms with Gasteiger partial charge in [0.1, 0.15) is 6.04 Å². The maximum atomic E-state index is 13.0. The number of benzene rings is 2. The Labute approximate surface area is 195 Å². The number of likely N-dealkylation sites (N-methyl/N-ethyl adjacent to an activating group) is 1. The Kier molecular flexibility index (Phi) is 11.0. The van der Waals surface area contributed by atoms with E-state index in [0.717, 1.165) is 11.1 Å². The van der Waals surface area contributed by atoms with Gasteiger partial charge in [-0.2, -0.15) is 0 Å². The number of carbonyl (C=O) groups is 2. The monoisotopic (exact) mass is 460 g/mol. The molecule has 0 bridgehead atoms. The average molecular weight is 461 g/mol. The molecule has 1 atom stereocenters. The molecule has 0 aromatic heterocycles. The van der Waals surface area contributed by atoms with Crippen molar-refractivity contribution < 1.29 is 14.7 Å². The third kappa shape index (κ3) is 9.26. The lowest BCUT2D eigenvalue weighted by Crippen LogP contribution is -2.53. The molecule has 0 saturated heterocycles. The molecular formula is C24H33ClN4O3. The van der Waals surface area contributed by atoms with Crippen molar-refractivity contribution in [1.29, 1.82) is 0 Å². The third-order valence-electron chi connectivity index (χ3n) is 5.00. The van der Waals surface area contributed by atoms with Gasteiger partial charge in [0.15, 0.2) is 0 Å². The van der Waals surface area contributed by atoms with Gasteiger partial charge >= 0.3 is 6.03 Å². The molecule has 3 N–H and O–H groups in total. The van der Waals surface area contributed by atoms with Gasteiger partial charge in [-0.25, -0.2) is 4.79 Å². The Morgan fingerprint density at radius 2 is 1.66 bits per heavy atom.